The molecule has 36 heavy (non-hydrogen) atoms. The van der Waals surface area contributed by atoms with Gasteiger partial charge in [-0.15, -0.1) is 0 Å². The largest absolute Gasteiger partial charge is 0.542 e. The van der Waals surface area contributed by atoms with E-state index in [1.807, 2.05) is 24.3 Å². The highest BCUT2D eigenvalue weighted by Gasteiger charge is 2.19. The van der Waals surface area contributed by atoms with Crippen molar-refractivity contribution in [3.05, 3.63) is 59.7 Å². The fraction of sp³-hybridized carbons (Fsp3) is 0.333. The quantitative estimate of drug-likeness (QED) is 0.191. The number of methoxy groups -OCH3 is 2. The molecule has 0 aliphatic heterocycles. The highest BCUT2D eigenvalue weighted by Crippen LogP contribution is 2.31. The Balaban J connectivity index is 1.93. The normalized spacial score (nSPS) is 12.0. The molecule has 0 saturated heterocycles. The molecule has 0 spiro atoms. The summed E-state index contributed by atoms with van der Waals surface area (Å²) in [6.45, 7) is 12.2. The van der Waals surface area contributed by atoms with Crippen LogP contribution in [-0.4, -0.2) is 49.2 Å². The molecular weight excluding hydrogens is 492 g/mol. The molecule has 0 saturated carbocycles. The number of benzene rings is 2. The molecule has 194 valence electrons. The highest BCUT2D eigenvalue weighted by molar-refractivity contribution is 6.70. The van der Waals surface area contributed by atoms with Crippen molar-refractivity contribution in [3.8, 4) is 23.0 Å². The molecule has 2 rings (SSSR count). The van der Waals surface area contributed by atoms with E-state index in [1.165, 1.54) is 12.2 Å². The predicted octanol–water partition coefficient (Wildman–Crippen LogP) is 5.97. The third-order valence-electron chi connectivity index (χ3n) is 4.44. The van der Waals surface area contributed by atoms with Gasteiger partial charge in [-0.05, 0) is 86.8 Å². The topological polar surface area (TPSA) is 80.3 Å². The minimum absolute atomic E-state index is 0.340. The van der Waals surface area contributed by atoms with Crippen LogP contribution < -0.4 is 18.3 Å². The van der Waals surface area contributed by atoms with Crippen LogP contribution in [0.15, 0.2) is 48.6 Å². The fourth-order valence-corrected chi connectivity index (χ4v) is 4.65. The second-order valence-corrected chi connectivity index (χ2v) is 18.8. The standard InChI is InChI=1S/C27H36O7Si2/c1-30-25-17-20(10-14-23(25)33-35(3,4)5)9-13-22(28)19-32-27(29)16-12-21-11-15-24(26(18-21)31-2)34-36(6,7)8/h9-18H,19H2,1-8H3/b13-9+,16-12+. The van der Waals surface area contributed by atoms with E-state index >= 15 is 0 Å². The molecule has 0 N–H and O–H groups in total. The van der Waals surface area contributed by atoms with Crippen LogP contribution in [0.4, 0.5) is 0 Å². The highest BCUT2D eigenvalue weighted by atomic mass is 28.4. The van der Waals surface area contributed by atoms with E-state index < -0.39 is 22.6 Å². The Hall–Kier alpha value is -3.31. The molecule has 9 heteroatoms. The van der Waals surface area contributed by atoms with Crippen molar-refractivity contribution in [2.75, 3.05) is 20.8 Å². The molecule has 0 unspecified atom stereocenters. The summed E-state index contributed by atoms with van der Waals surface area (Å²) < 4.78 is 27.9. The second kappa shape index (κ2) is 12.6. The maximum Gasteiger partial charge on any atom is 0.331 e. The summed E-state index contributed by atoms with van der Waals surface area (Å²) in [7, 11) is -0.427. The number of hydrogen-bond acceptors (Lipinski definition) is 7. The Kier molecular flexibility index (Phi) is 10.1. The van der Waals surface area contributed by atoms with Crippen LogP contribution in [0.2, 0.25) is 39.3 Å². The van der Waals surface area contributed by atoms with E-state index in [0.29, 0.717) is 23.0 Å². The van der Waals surface area contributed by atoms with Crippen molar-refractivity contribution in [1.82, 2.24) is 0 Å². The first-order valence-corrected chi connectivity index (χ1v) is 18.4. The van der Waals surface area contributed by atoms with E-state index in [-0.39, 0.29) is 12.4 Å². The lowest BCUT2D eigenvalue weighted by Crippen LogP contribution is -2.29. The molecule has 0 heterocycles. The van der Waals surface area contributed by atoms with E-state index in [0.717, 1.165) is 11.1 Å². The van der Waals surface area contributed by atoms with Gasteiger partial charge in [-0.25, -0.2) is 4.79 Å². The Labute approximate surface area is 215 Å². The molecule has 0 aliphatic rings. The van der Waals surface area contributed by atoms with Gasteiger partial charge < -0.3 is 23.1 Å². The first-order chi connectivity index (χ1) is 16.8. The van der Waals surface area contributed by atoms with Crippen molar-refractivity contribution >= 4 is 40.5 Å². The van der Waals surface area contributed by atoms with Crippen molar-refractivity contribution in [2.24, 2.45) is 0 Å². The summed E-state index contributed by atoms with van der Waals surface area (Å²) in [6.07, 6.45) is 5.88. The molecule has 2 aromatic rings. The van der Waals surface area contributed by atoms with Gasteiger partial charge in [0.1, 0.15) is 11.5 Å². The van der Waals surface area contributed by atoms with E-state index in [4.69, 9.17) is 23.1 Å². The average Bonchev–Trinajstić information content (AvgIpc) is 2.79. The van der Waals surface area contributed by atoms with Gasteiger partial charge in [0.15, 0.2) is 23.9 Å². The van der Waals surface area contributed by atoms with Gasteiger partial charge in [-0.2, -0.15) is 0 Å². The lowest BCUT2D eigenvalue weighted by Gasteiger charge is -2.21. The second-order valence-electron chi connectivity index (χ2n) is 9.99. The van der Waals surface area contributed by atoms with Crippen LogP contribution in [0, 0.1) is 0 Å². The van der Waals surface area contributed by atoms with Crippen LogP contribution in [0.1, 0.15) is 11.1 Å². The maximum absolute atomic E-state index is 12.2. The number of ketones is 1. The molecule has 0 atom stereocenters. The summed E-state index contributed by atoms with van der Waals surface area (Å²) in [6, 6.07) is 10.9. The predicted molar refractivity (Wildman–Crippen MR) is 148 cm³/mol. The molecular formula is C27H36O7Si2. The average molecular weight is 529 g/mol. The molecule has 2 aromatic carbocycles. The maximum atomic E-state index is 12.2. The first kappa shape index (κ1) is 28.9. The van der Waals surface area contributed by atoms with Crippen LogP contribution in [0.3, 0.4) is 0 Å². The molecule has 0 aliphatic carbocycles. The van der Waals surface area contributed by atoms with Crippen LogP contribution in [-0.2, 0) is 14.3 Å². The zero-order valence-corrected chi connectivity index (χ0v) is 24.3. The fourth-order valence-electron chi connectivity index (χ4n) is 3.00. The monoisotopic (exact) mass is 528 g/mol. The first-order valence-electron chi connectivity index (χ1n) is 11.6. The third-order valence-corrected chi connectivity index (χ3v) is 6.10. The number of hydrogen-bond donors (Lipinski definition) is 0. The van der Waals surface area contributed by atoms with E-state index in [2.05, 4.69) is 39.3 Å². The van der Waals surface area contributed by atoms with Crippen molar-refractivity contribution in [2.45, 2.75) is 39.3 Å². The van der Waals surface area contributed by atoms with Crippen molar-refractivity contribution in [1.29, 1.82) is 0 Å². The van der Waals surface area contributed by atoms with E-state index in [9.17, 15) is 9.59 Å². The minimum Gasteiger partial charge on any atom is -0.542 e. The Morgan fingerprint density at radius 1 is 0.694 bits per heavy atom. The summed E-state index contributed by atoms with van der Waals surface area (Å²) in [4.78, 5) is 24.2. The molecule has 0 fully saturated rings. The van der Waals surface area contributed by atoms with Gasteiger partial charge in [0, 0.05) is 6.08 Å². The van der Waals surface area contributed by atoms with Gasteiger partial charge in [0.05, 0.1) is 14.2 Å². The number of ether oxygens (including phenoxy) is 3. The van der Waals surface area contributed by atoms with Crippen molar-refractivity contribution in [3.63, 3.8) is 0 Å². The van der Waals surface area contributed by atoms with Crippen molar-refractivity contribution < 1.29 is 32.7 Å². The number of carbonyl (C=O) groups is 2. The van der Waals surface area contributed by atoms with E-state index in [1.54, 1.807) is 38.5 Å². The summed E-state index contributed by atoms with van der Waals surface area (Å²) in [5.41, 5.74) is 1.51. The van der Waals surface area contributed by atoms with Gasteiger partial charge in [0.25, 0.3) is 0 Å². The molecule has 7 nitrogen and oxygen atoms in total. The molecule has 0 aromatic heterocycles. The smallest absolute Gasteiger partial charge is 0.331 e. The van der Waals surface area contributed by atoms with Gasteiger partial charge in [-0.1, -0.05) is 18.2 Å². The number of rotatable bonds is 12. The molecule has 0 amide bonds. The zero-order valence-electron chi connectivity index (χ0n) is 22.3. The third kappa shape index (κ3) is 10.1. The Morgan fingerprint density at radius 3 is 1.56 bits per heavy atom. The Bertz CT molecular complexity index is 1040. The SMILES string of the molecule is COc1cc(/C=C/C(=O)COC(=O)/C=C/c2ccc(O[Si](C)(C)C)c(OC)c2)ccc1O[Si](C)(C)C. The lowest BCUT2D eigenvalue weighted by molar-refractivity contribution is -0.141. The number of carbonyl (C=O) groups excluding carboxylic acids is 2. The molecule has 0 radical (unpaired) electrons. The zero-order chi connectivity index (χ0) is 26.9. The van der Waals surface area contributed by atoms with Gasteiger partial charge in [-0.3, -0.25) is 4.79 Å². The van der Waals surface area contributed by atoms with Crippen LogP contribution in [0.5, 0.6) is 23.0 Å². The number of esters is 1. The summed E-state index contributed by atoms with van der Waals surface area (Å²) in [5, 5.41) is 0. The summed E-state index contributed by atoms with van der Waals surface area (Å²) >= 11 is 0. The lowest BCUT2D eigenvalue weighted by atomic mass is 10.1. The van der Waals surface area contributed by atoms with Crippen LogP contribution >= 0.6 is 0 Å². The summed E-state index contributed by atoms with van der Waals surface area (Å²) in [5.74, 6) is 1.58. The van der Waals surface area contributed by atoms with Crippen LogP contribution in [0.25, 0.3) is 12.2 Å². The van der Waals surface area contributed by atoms with Gasteiger partial charge in [0.2, 0.25) is 16.6 Å². The Morgan fingerprint density at radius 2 is 1.14 bits per heavy atom. The molecule has 0 bridgehead atoms. The minimum atomic E-state index is -1.79. The van der Waals surface area contributed by atoms with Gasteiger partial charge >= 0.3 is 5.97 Å².